The lowest BCUT2D eigenvalue weighted by Gasteiger charge is -2.00. The van der Waals surface area contributed by atoms with Crippen molar-refractivity contribution in [3.63, 3.8) is 0 Å². The monoisotopic (exact) mass is 262 g/mol. The molecule has 0 bridgehead atoms. The predicted molar refractivity (Wildman–Crippen MR) is 88.7 cm³/mol. The van der Waals surface area contributed by atoms with Gasteiger partial charge in [-0.25, -0.2) is 0 Å². The Morgan fingerprint density at radius 1 is 0.900 bits per heavy atom. The number of aryl methyl sites for hydroxylation is 1. The molecule has 0 heteroatoms. The molecule has 0 saturated carbocycles. The molecular weight excluding hydrogens is 240 g/mol. The number of benzene rings is 1. The van der Waals surface area contributed by atoms with Crippen LogP contribution in [0.2, 0.25) is 0 Å². The van der Waals surface area contributed by atoms with Gasteiger partial charge in [0.2, 0.25) is 0 Å². The number of hydrogen-bond donors (Lipinski definition) is 0. The first-order valence-corrected chi connectivity index (χ1v) is 7.64. The van der Waals surface area contributed by atoms with Crippen molar-refractivity contribution in [1.29, 1.82) is 0 Å². The van der Waals surface area contributed by atoms with Crippen LogP contribution in [0.4, 0.5) is 0 Å². The van der Waals surface area contributed by atoms with E-state index in [1.54, 1.807) is 0 Å². The van der Waals surface area contributed by atoms with Gasteiger partial charge >= 0.3 is 0 Å². The van der Waals surface area contributed by atoms with Crippen LogP contribution in [0.3, 0.4) is 0 Å². The molecule has 0 saturated heterocycles. The maximum Gasteiger partial charge on any atom is -0.0102 e. The third-order valence-electron chi connectivity index (χ3n) is 4.13. The Morgan fingerprint density at radius 2 is 1.70 bits per heavy atom. The standard InChI is InChI=1S/C20H22/c1-4-5-15-6-7-18-13-17-9-8-16(14(2)3)10-11-19(17)20(18)12-15/h6-14H,4-5H2,1-3H3. The quantitative estimate of drug-likeness (QED) is 0.541. The first-order valence-electron chi connectivity index (χ1n) is 7.64. The fourth-order valence-corrected chi connectivity index (χ4v) is 2.94. The van der Waals surface area contributed by atoms with E-state index >= 15 is 0 Å². The summed E-state index contributed by atoms with van der Waals surface area (Å²) in [5, 5.41) is 2.76. The van der Waals surface area contributed by atoms with Crippen LogP contribution in [0.5, 0.6) is 0 Å². The minimum Gasteiger partial charge on any atom is -0.0651 e. The molecule has 0 unspecified atom stereocenters. The van der Waals surface area contributed by atoms with Crippen molar-refractivity contribution >= 4 is 10.8 Å². The number of rotatable bonds is 3. The smallest absolute Gasteiger partial charge is 0.0102 e. The summed E-state index contributed by atoms with van der Waals surface area (Å²) in [6, 6.07) is 18.3. The zero-order valence-electron chi connectivity index (χ0n) is 12.6. The molecule has 0 heterocycles. The van der Waals surface area contributed by atoms with Gasteiger partial charge in [-0.2, -0.15) is 0 Å². The van der Waals surface area contributed by atoms with Crippen LogP contribution < -0.4 is 0 Å². The molecule has 3 rings (SSSR count). The molecule has 0 amide bonds. The van der Waals surface area contributed by atoms with Crippen molar-refractivity contribution in [3.05, 3.63) is 59.7 Å². The molecule has 0 N–H and O–H groups in total. The summed E-state index contributed by atoms with van der Waals surface area (Å²) < 4.78 is 0. The van der Waals surface area contributed by atoms with E-state index < -0.39 is 0 Å². The van der Waals surface area contributed by atoms with Gasteiger partial charge in [-0.15, -0.1) is 0 Å². The molecule has 0 fully saturated rings. The first kappa shape index (κ1) is 13.2. The molecule has 2 aliphatic rings. The maximum atomic E-state index is 2.37. The molecular formula is C20H22. The molecule has 1 aromatic carbocycles. The highest BCUT2D eigenvalue weighted by molar-refractivity contribution is 6.02. The van der Waals surface area contributed by atoms with Gasteiger partial charge in [0.25, 0.3) is 0 Å². The van der Waals surface area contributed by atoms with Crippen molar-refractivity contribution in [3.8, 4) is 11.1 Å². The Bertz CT molecular complexity index is 707. The maximum absolute atomic E-state index is 2.37. The molecule has 0 nitrogen and oxygen atoms in total. The van der Waals surface area contributed by atoms with E-state index in [4.69, 9.17) is 0 Å². The second-order valence-corrected chi connectivity index (χ2v) is 6.01. The average Bonchev–Trinajstić information content (AvgIpc) is 2.63. The van der Waals surface area contributed by atoms with E-state index in [2.05, 4.69) is 69.3 Å². The van der Waals surface area contributed by atoms with Crippen molar-refractivity contribution in [1.82, 2.24) is 0 Å². The second-order valence-electron chi connectivity index (χ2n) is 6.01. The zero-order valence-corrected chi connectivity index (χ0v) is 12.6. The summed E-state index contributed by atoms with van der Waals surface area (Å²) in [6.45, 7) is 6.73. The third-order valence-corrected chi connectivity index (χ3v) is 4.13. The highest BCUT2D eigenvalue weighted by Gasteiger charge is 2.09. The predicted octanol–water partition coefficient (Wildman–Crippen LogP) is 6.02. The Labute approximate surface area is 121 Å². The zero-order chi connectivity index (χ0) is 14.1. The van der Waals surface area contributed by atoms with Crippen LogP contribution in [0.25, 0.3) is 21.9 Å². The molecule has 2 aliphatic carbocycles. The topological polar surface area (TPSA) is 0 Å². The molecule has 0 aliphatic heterocycles. The lowest BCUT2D eigenvalue weighted by atomic mass is 10.0. The van der Waals surface area contributed by atoms with E-state index in [0.29, 0.717) is 5.92 Å². The van der Waals surface area contributed by atoms with Crippen molar-refractivity contribution < 1.29 is 0 Å². The minimum atomic E-state index is 0.577. The van der Waals surface area contributed by atoms with Gasteiger partial charge in [-0.05, 0) is 51.4 Å². The van der Waals surface area contributed by atoms with Gasteiger partial charge < -0.3 is 0 Å². The summed E-state index contributed by atoms with van der Waals surface area (Å²) in [7, 11) is 0. The van der Waals surface area contributed by atoms with E-state index in [1.165, 1.54) is 45.9 Å². The Balaban J connectivity index is 2.19. The number of fused-ring (bicyclic) bond motifs is 3. The summed E-state index contributed by atoms with van der Waals surface area (Å²) >= 11 is 0. The van der Waals surface area contributed by atoms with Gasteiger partial charge in [-0.1, -0.05) is 69.7 Å². The largest absolute Gasteiger partial charge is 0.0651 e. The third kappa shape index (κ3) is 2.31. The van der Waals surface area contributed by atoms with Crippen molar-refractivity contribution in [2.45, 2.75) is 39.5 Å². The SMILES string of the molecule is CCCc1ccc2cc3ccc(C(C)C)ccc-3c2c1. The molecule has 0 radical (unpaired) electrons. The summed E-state index contributed by atoms with van der Waals surface area (Å²) in [6.07, 6.45) is 2.37. The van der Waals surface area contributed by atoms with E-state index in [0.717, 1.165) is 0 Å². The molecule has 0 aromatic heterocycles. The molecule has 20 heavy (non-hydrogen) atoms. The van der Waals surface area contributed by atoms with Gasteiger partial charge in [0.1, 0.15) is 0 Å². The van der Waals surface area contributed by atoms with Gasteiger partial charge in [0, 0.05) is 0 Å². The Hall–Kier alpha value is -1.82. The van der Waals surface area contributed by atoms with Crippen LogP contribution >= 0.6 is 0 Å². The molecule has 1 aromatic rings. The fourth-order valence-electron chi connectivity index (χ4n) is 2.94. The molecule has 102 valence electrons. The van der Waals surface area contributed by atoms with Gasteiger partial charge in [0.05, 0.1) is 0 Å². The van der Waals surface area contributed by atoms with Gasteiger partial charge in [-0.3, -0.25) is 0 Å². The van der Waals surface area contributed by atoms with E-state index in [9.17, 15) is 0 Å². The highest BCUT2D eigenvalue weighted by Crippen LogP contribution is 2.35. The lowest BCUT2D eigenvalue weighted by Crippen LogP contribution is -1.82. The summed E-state index contributed by atoms with van der Waals surface area (Å²) in [4.78, 5) is 0. The van der Waals surface area contributed by atoms with Crippen LogP contribution in [0.15, 0.2) is 48.5 Å². The Morgan fingerprint density at radius 3 is 2.45 bits per heavy atom. The van der Waals surface area contributed by atoms with Crippen LogP contribution in [-0.4, -0.2) is 0 Å². The normalized spacial score (nSPS) is 11.6. The van der Waals surface area contributed by atoms with Gasteiger partial charge in [0.15, 0.2) is 0 Å². The van der Waals surface area contributed by atoms with Crippen LogP contribution in [-0.2, 0) is 6.42 Å². The minimum absolute atomic E-state index is 0.577. The van der Waals surface area contributed by atoms with E-state index in [-0.39, 0.29) is 0 Å². The first-order chi connectivity index (χ1) is 9.69. The second kappa shape index (κ2) is 5.28. The lowest BCUT2D eigenvalue weighted by molar-refractivity contribution is 0.868. The highest BCUT2D eigenvalue weighted by atomic mass is 14.1. The van der Waals surface area contributed by atoms with Crippen molar-refractivity contribution in [2.75, 3.05) is 0 Å². The molecule has 0 spiro atoms. The average molecular weight is 262 g/mol. The van der Waals surface area contributed by atoms with Crippen molar-refractivity contribution in [2.24, 2.45) is 0 Å². The molecule has 0 atom stereocenters. The van der Waals surface area contributed by atoms with Crippen LogP contribution in [0.1, 0.15) is 44.2 Å². The van der Waals surface area contributed by atoms with E-state index in [1.807, 2.05) is 0 Å². The number of hydrogen-bond acceptors (Lipinski definition) is 0. The van der Waals surface area contributed by atoms with Crippen LogP contribution in [0, 0.1) is 0 Å². The summed E-state index contributed by atoms with van der Waals surface area (Å²) in [5.74, 6) is 0.577. The Kier molecular flexibility index (Phi) is 3.48. The summed E-state index contributed by atoms with van der Waals surface area (Å²) in [5.41, 5.74) is 5.58. The fraction of sp³-hybridized carbons (Fsp3) is 0.300.